The van der Waals surface area contributed by atoms with E-state index in [0.717, 1.165) is 33.0 Å². The summed E-state index contributed by atoms with van der Waals surface area (Å²) in [4.78, 5) is 11.9. The summed E-state index contributed by atoms with van der Waals surface area (Å²) in [6.07, 6.45) is 0.867. The van der Waals surface area contributed by atoms with Crippen LogP contribution < -0.4 is 5.73 Å². The Morgan fingerprint density at radius 3 is 2.40 bits per heavy atom. The zero-order valence-corrected chi connectivity index (χ0v) is 20.2. The van der Waals surface area contributed by atoms with Crippen LogP contribution in [0.25, 0.3) is 10.8 Å². The van der Waals surface area contributed by atoms with E-state index in [1.54, 1.807) is 6.07 Å². The number of carbonyl (C=O) groups excluding carboxylic acids is 1. The Labute approximate surface area is 206 Å². The average Bonchev–Trinajstić information content (AvgIpc) is 3.23. The molecule has 1 aliphatic heterocycles. The van der Waals surface area contributed by atoms with E-state index < -0.39 is 11.6 Å². The van der Waals surface area contributed by atoms with Crippen molar-refractivity contribution >= 4 is 16.7 Å². The van der Waals surface area contributed by atoms with E-state index in [-0.39, 0.29) is 18.0 Å². The Hall–Kier alpha value is -3.47. The second-order valence-electron chi connectivity index (χ2n) is 10.4. The molecule has 0 bridgehead atoms. The summed E-state index contributed by atoms with van der Waals surface area (Å²) in [7, 11) is 0. The van der Waals surface area contributed by atoms with Gasteiger partial charge in [-0.25, -0.2) is 4.79 Å². The molecule has 4 heteroatoms. The first-order chi connectivity index (χ1) is 16.7. The average molecular weight is 466 g/mol. The highest BCUT2D eigenvalue weighted by molar-refractivity contribution is 5.93. The normalized spacial score (nSPS) is 15.9. The summed E-state index contributed by atoms with van der Waals surface area (Å²) in [6.45, 7) is 4.54. The van der Waals surface area contributed by atoms with E-state index in [1.807, 2.05) is 42.5 Å². The molecule has 0 spiro atoms. The molecular weight excluding hydrogens is 434 g/mol. The van der Waals surface area contributed by atoms with Gasteiger partial charge in [-0.2, -0.15) is 0 Å². The quantitative estimate of drug-likeness (QED) is 0.336. The Morgan fingerprint density at radius 2 is 1.63 bits per heavy atom. The SMILES string of the molecule is CC(C)(CC(O)(Cc1ccc2ccccc2c1)C(N)c1ccc2c(c1)COC2=O)c1ccccc1. The van der Waals surface area contributed by atoms with E-state index >= 15 is 0 Å². The number of hydrogen-bond donors (Lipinski definition) is 2. The highest BCUT2D eigenvalue weighted by Crippen LogP contribution is 2.40. The largest absolute Gasteiger partial charge is 0.457 e. The van der Waals surface area contributed by atoms with E-state index in [4.69, 9.17) is 10.5 Å². The van der Waals surface area contributed by atoms with Crippen LogP contribution in [-0.4, -0.2) is 16.7 Å². The van der Waals surface area contributed by atoms with Crippen LogP contribution in [0.3, 0.4) is 0 Å². The van der Waals surface area contributed by atoms with Gasteiger partial charge in [0.05, 0.1) is 17.2 Å². The maximum absolute atomic E-state index is 12.3. The molecule has 1 heterocycles. The van der Waals surface area contributed by atoms with E-state index in [0.29, 0.717) is 18.4 Å². The van der Waals surface area contributed by atoms with Gasteiger partial charge < -0.3 is 15.6 Å². The van der Waals surface area contributed by atoms with Gasteiger partial charge in [0.25, 0.3) is 0 Å². The minimum absolute atomic E-state index is 0.243. The Morgan fingerprint density at radius 1 is 0.914 bits per heavy atom. The molecule has 4 aromatic carbocycles. The number of hydrogen-bond acceptors (Lipinski definition) is 4. The van der Waals surface area contributed by atoms with Gasteiger partial charge >= 0.3 is 5.97 Å². The van der Waals surface area contributed by atoms with Gasteiger partial charge in [0.15, 0.2) is 0 Å². The molecule has 0 radical (unpaired) electrons. The lowest BCUT2D eigenvalue weighted by Gasteiger charge is -2.41. The predicted molar refractivity (Wildman–Crippen MR) is 139 cm³/mol. The van der Waals surface area contributed by atoms with Crippen LogP contribution in [0.1, 0.15) is 58.9 Å². The number of fused-ring (bicyclic) bond motifs is 2. The third-order valence-electron chi connectivity index (χ3n) is 7.27. The first-order valence-electron chi connectivity index (χ1n) is 12.1. The second kappa shape index (κ2) is 8.95. The van der Waals surface area contributed by atoms with Crippen molar-refractivity contribution in [1.29, 1.82) is 0 Å². The van der Waals surface area contributed by atoms with Crippen molar-refractivity contribution in [3.05, 3.63) is 119 Å². The number of carbonyl (C=O) groups is 1. The molecule has 4 aromatic rings. The number of aliphatic hydroxyl groups is 1. The monoisotopic (exact) mass is 465 g/mol. The molecule has 178 valence electrons. The smallest absolute Gasteiger partial charge is 0.338 e. The van der Waals surface area contributed by atoms with Gasteiger partial charge in [-0.15, -0.1) is 0 Å². The summed E-state index contributed by atoms with van der Waals surface area (Å²) in [6, 6.07) is 29.6. The van der Waals surface area contributed by atoms with Crippen molar-refractivity contribution in [3.63, 3.8) is 0 Å². The Kier molecular flexibility index (Phi) is 5.96. The minimum Gasteiger partial charge on any atom is -0.457 e. The van der Waals surface area contributed by atoms with Gasteiger partial charge in [0.1, 0.15) is 6.61 Å². The van der Waals surface area contributed by atoms with Crippen molar-refractivity contribution in [2.45, 2.75) is 50.4 Å². The van der Waals surface area contributed by atoms with Crippen LogP contribution in [0, 0.1) is 0 Å². The van der Waals surface area contributed by atoms with Crippen LogP contribution in [0.5, 0.6) is 0 Å². The summed E-state index contributed by atoms with van der Waals surface area (Å²) >= 11 is 0. The summed E-state index contributed by atoms with van der Waals surface area (Å²) < 4.78 is 5.18. The Bertz CT molecular complexity index is 1380. The van der Waals surface area contributed by atoms with Gasteiger partial charge in [-0.05, 0) is 51.4 Å². The van der Waals surface area contributed by atoms with Crippen LogP contribution in [-0.2, 0) is 23.2 Å². The first-order valence-corrected chi connectivity index (χ1v) is 12.1. The summed E-state index contributed by atoms with van der Waals surface area (Å²) in [5.74, 6) is -0.309. The van der Waals surface area contributed by atoms with E-state index in [1.165, 1.54) is 0 Å². The molecule has 2 unspecified atom stereocenters. The molecule has 2 atom stereocenters. The van der Waals surface area contributed by atoms with Gasteiger partial charge in [0.2, 0.25) is 0 Å². The number of esters is 1. The predicted octanol–water partition coefficient (Wildman–Crippen LogP) is 5.85. The highest BCUT2D eigenvalue weighted by Gasteiger charge is 2.41. The molecule has 35 heavy (non-hydrogen) atoms. The third kappa shape index (κ3) is 4.60. The Balaban J connectivity index is 1.54. The summed E-state index contributed by atoms with van der Waals surface area (Å²) in [5.41, 5.74) is 9.69. The van der Waals surface area contributed by atoms with Crippen molar-refractivity contribution in [2.75, 3.05) is 0 Å². The standard InChI is InChI=1S/C31H31NO3/c1-30(2,26-10-4-3-5-11-26)20-31(34,18-21-12-13-22-8-6-7-9-23(22)16-21)28(32)24-14-15-27-25(17-24)19-35-29(27)33/h3-17,28,34H,18-20,32H2,1-2H3. The fourth-order valence-electron chi connectivity index (χ4n) is 5.40. The van der Waals surface area contributed by atoms with Gasteiger partial charge in [0, 0.05) is 12.0 Å². The van der Waals surface area contributed by atoms with Crippen LogP contribution in [0.4, 0.5) is 0 Å². The third-order valence-corrected chi connectivity index (χ3v) is 7.27. The van der Waals surface area contributed by atoms with Crippen molar-refractivity contribution in [2.24, 2.45) is 5.73 Å². The summed E-state index contributed by atoms with van der Waals surface area (Å²) in [5, 5.41) is 14.6. The maximum Gasteiger partial charge on any atom is 0.338 e. The maximum atomic E-state index is 12.3. The number of benzene rings is 4. The highest BCUT2D eigenvalue weighted by atomic mass is 16.5. The topological polar surface area (TPSA) is 72.6 Å². The second-order valence-corrected chi connectivity index (χ2v) is 10.4. The zero-order valence-electron chi connectivity index (χ0n) is 20.2. The van der Waals surface area contributed by atoms with Gasteiger partial charge in [-0.3, -0.25) is 0 Å². The fraction of sp³-hybridized carbons (Fsp3) is 0.258. The molecule has 0 aromatic heterocycles. The molecule has 0 fully saturated rings. The number of rotatable bonds is 7. The van der Waals surface area contributed by atoms with Crippen LogP contribution >= 0.6 is 0 Å². The molecule has 0 saturated heterocycles. The first kappa shape index (κ1) is 23.3. The van der Waals surface area contributed by atoms with Crippen molar-refractivity contribution in [3.8, 4) is 0 Å². The lowest BCUT2D eigenvalue weighted by Crippen LogP contribution is -2.47. The van der Waals surface area contributed by atoms with Gasteiger partial charge in [-0.1, -0.05) is 92.7 Å². The molecule has 0 aliphatic carbocycles. The molecule has 0 amide bonds. The molecule has 5 rings (SSSR count). The number of ether oxygens (including phenoxy) is 1. The van der Waals surface area contributed by atoms with E-state index in [9.17, 15) is 9.90 Å². The van der Waals surface area contributed by atoms with Crippen molar-refractivity contribution < 1.29 is 14.6 Å². The lowest BCUT2D eigenvalue weighted by atomic mass is 9.69. The number of cyclic esters (lactones) is 1. The molecule has 3 N–H and O–H groups in total. The molecule has 0 saturated carbocycles. The van der Waals surface area contributed by atoms with Crippen LogP contribution in [0.15, 0.2) is 91.0 Å². The van der Waals surface area contributed by atoms with E-state index in [2.05, 4.69) is 56.3 Å². The minimum atomic E-state index is -1.24. The molecule has 4 nitrogen and oxygen atoms in total. The fourth-order valence-corrected chi connectivity index (χ4v) is 5.40. The number of nitrogens with two attached hydrogens (primary N) is 1. The van der Waals surface area contributed by atoms with Crippen LogP contribution in [0.2, 0.25) is 0 Å². The molecule has 1 aliphatic rings. The zero-order chi connectivity index (χ0) is 24.6. The lowest BCUT2D eigenvalue weighted by molar-refractivity contribution is -0.0117. The molecular formula is C31H31NO3. The van der Waals surface area contributed by atoms with Crippen molar-refractivity contribution in [1.82, 2.24) is 0 Å².